The average molecular weight is 354 g/mol. The van der Waals surface area contributed by atoms with Crippen molar-refractivity contribution in [2.75, 3.05) is 5.73 Å². The highest BCUT2D eigenvalue weighted by Crippen LogP contribution is 2.25. The van der Waals surface area contributed by atoms with Crippen LogP contribution in [0.3, 0.4) is 0 Å². The van der Waals surface area contributed by atoms with Gasteiger partial charge in [0, 0.05) is 23.4 Å². The Hall–Kier alpha value is -3.75. The van der Waals surface area contributed by atoms with E-state index in [2.05, 4.69) is 10.2 Å². The number of nitro groups is 1. The molecule has 0 unspecified atom stereocenters. The fourth-order valence-electron chi connectivity index (χ4n) is 2.21. The fourth-order valence-corrected chi connectivity index (χ4v) is 2.21. The molecule has 9 heteroatoms. The Morgan fingerprint density at radius 3 is 2.65 bits per heavy atom. The van der Waals surface area contributed by atoms with E-state index < -0.39 is 17.0 Å². The SMILES string of the molecule is C[C@@H](OC(=O)c1cc([N+](=O)[O-])ccc1N)c1nnc(-c2ccccc2)o1. The van der Waals surface area contributed by atoms with Crippen LogP contribution in [0.5, 0.6) is 0 Å². The first-order valence-corrected chi connectivity index (χ1v) is 7.59. The predicted molar refractivity (Wildman–Crippen MR) is 91.1 cm³/mol. The van der Waals surface area contributed by atoms with E-state index in [1.165, 1.54) is 12.1 Å². The first kappa shape index (κ1) is 17.1. The van der Waals surface area contributed by atoms with E-state index in [1.54, 1.807) is 19.1 Å². The minimum absolute atomic E-state index is 0.0725. The summed E-state index contributed by atoms with van der Waals surface area (Å²) in [7, 11) is 0. The standard InChI is InChI=1S/C17H14N4O5/c1-10(15-19-20-16(26-15)11-5-3-2-4-6-11)25-17(22)13-9-12(21(23)24)7-8-14(13)18/h2-10H,18H2,1H3/t10-/m1/s1. The lowest BCUT2D eigenvalue weighted by Gasteiger charge is -2.10. The van der Waals surface area contributed by atoms with Crippen LogP contribution in [0.25, 0.3) is 11.5 Å². The molecule has 3 rings (SSSR count). The van der Waals surface area contributed by atoms with Crippen molar-refractivity contribution >= 4 is 17.3 Å². The second-order valence-electron chi connectivity index (χ2n) is 5.39. The number of nitrogen functional groups attached to an aromatic ring is 1. The van der Waals surface area contributed by atoms with E-state index in [1.807, 2.05) is 18.2 Å². The summed E-state index contributed by atoms with van der Waals surface area (Å²) in [6, 6.07) is 12.7. The summed E-state index contributed by atoms with van der Waals surface area (Å²) in [6.45, 7) is 1.55. The van der Waals surface area contributed by atoms with Gasteiger partial charge in [0.2, 0.25) is 5.89 Å². The summed E-state index contributed by atoms with van der Waals surface area (Å²) in [5.41, 5.74) is 6.15. The molecule has 9 nitrogen and oxygen atoms in total. The maximum atomic E-state index is 12.3. The lowest BCUT2D eigenvalue weighted by molar-refractivity contribution is -0.384. The molecule has 0 amide bonds. The number of carbonyl (C=O) groups is 1. The molecule has 0 aliphatic carbocycles. The highest BCUT2D eigenvalue weighted by atomic mass is 16.6. The lowest BCUT2D eigenvalue weighted by atomic mass is 10.1. The molecule has 0 aliphatic rings. The summed E-state index contributed by atoms with van der Waals surface area (Å²) in [6.07, 6.45) is -0.855. The van der Waals surface area contributed by atoms with Gasteiger partial charge in [0.15, 0.2) is 6.10 Å². The van der Waals surface area contributed by atoms with E-state index in [4.69, 9.17) is 14.9 Å². The Labute approximate surface area is 147 Å². The number of ether oxygens (including phenoxy) is 1. The summed E-state index contributed by atoms with van der Waals surface area (Å²) in [4.78, 5) is 22.5. The normalized spacial score (nSPS) is 11.7. The Kier molecular flexibility index (Phi) is 4.61. The molecule has 0 fully saturated rings. The van der Waals surface area contributed by atoms with Crippen molar-refractivity contribution in [3.05, 3.63) is 70.1 Å². The minimum Gasteiger partial charge on any atom is -0.449 e. The van der Waals surface area contributed by atoms with E-state index in [0.29, 0.717) is 5.89 Å². The smallest absolute Gasteiger partial charge is 0.341 e. The van der Waals surface area contributed by atoms with Crippen molar-refractivity contribution in [1.29, 1.82) is 0 Å². The van der Waals surface area contributed by atoms with Crippen LogP contribution in [0, 0.1) is 10.1 Å². The number of hydrogen-bond acceptors (Lipinski definition) is 8. The number of aromatic nitrogens is 2. The average Bonchev–Trinajstić information content (AvgIpc) is 3.13. The van der Waals surface area contributed by atoms with Crippen molar-refractivity contribution in [3.8, 4) is 11.5 Å². The maximum absolute atomic E-state index is 12.3. The van der Waals surface area contributed by atoms with Crippen molar-refractivity contribution in [2.45, 2.75) is 13.0 Å². The molecular formula is C17H14N4O5. The van der Waals surface area contributed by atoms with Crippen molar-refractivity contribution in [1.82, 2.24) is 10.2 Å². The van der Waals surface area contributed by atoms with Gasteiger partial charge < -0.3 is 14.9 Å². The van der Waals surface area contributed by atoms with E-state index in [9.17, 15) is 14.9 Å². The maximum Gasteiger partial charge on any atom is 0.341 e. The van der Waals surface area contributed by atoms with E-state index in [0.717, 1.165) is 11.6 Å². The number of hydrogen-bond donors (Lipinski definition) is 1. The van der Waals surface area contributed by atoms with Gasteiger partial charge in [0.1, 0.15) is 0 Å². The number of rotatable bonds is 5. The van der Waals surface area contributed by atoms with Crippen LogP contribution in [-0.4, -0.2) is 21.1 Å². The molecule has 2 aromatic carbocycles. The van der Waals surface area contributed by atoms with Gasteiger partial charge in [-0.2, -0.15) is 0 Å². The molecule has 0 saturated carbocycles. The molecular weight excluding hydrogens is 340 g/mol. The Morgan fingerprint density at radius 1 is 1.23 bits per heavy atom. The number of benzene rings is 2. The van der Waals surface area contributed by atoms with Crippen LogP contribution < -0.4 is 5.73 Å². The summed E-state index contributed by atoms with van der Waals surface area (Å²) >= 11 is 0. The van der Waals surface area contributed by atoms with Gasteiger partial charge in [-0.1, -0.05) is 18.2 Å². The fraction of sp³-hybridized carbons (Fsp3) is 0.118. The van der Waals surface area contributed by atoms with Gasteiger partial charge in [-0.3, -0.25) is 10.1 Å². The molecule has 0 aliphatic heterocycles. The van der Waals surface area contributed by atoms with Gasteiger partial charge in [0.05, 0.1) is 10.5 Å². The number of anilines is 1. The zero-order valence-electron chi connectivity index (χ0n) is 13.7. The highest BCUT2D eigenvalue weighted by molar-refractivity contribution is 5.95. The molecule has 0 bridgehead atoms. The molecule has 132 valence electrons. The van der Waals surface area contributed by atoms with Crippen LogP contribution in [0.2, 0.25) is 0 Å². The van der Waals surface area contributed by atoms with Gasteiger partial charge >= 0.3 is 5.97 Å². The molecule has 3 aromatic rings. The van der Waals surface area contributed by atoms with Crippen molar-refractivity contribution in [2.24, 2.45) is 0 Å². The Bertz CT molecular complexity index is 955. The summed E-state index contributed by atoms with van der Waals surface area (Å²) in [5.74, 6) is -0.433. The number of nitrogens with zero attached hydrogens (tertiary/aromatic N) is 3. The molecule has 1 heterocycles. The Morgan fingerprint density at radius 2 is 1.96 bits per heavy atom. The largest absolute Gasteiger partial charge is 0.449 e. The number of carbonyl (C=O) groups excluding carboxylic acids is 1. The predicted octanol–water partition coefficient (Wildman–Crippen LogP) is 3.15. The number of non-ortho nitro benzene ring substituents is 1. The molecule has 0 spiro atoms. The van der Waals surface area contributed by atoms with E-state index >= 15 is 0 Å². The molecule has 2 N–H and O–H groups in total. The quantitative estimate of drug-likeness (QED) is 0.319. The molecule has 26 heavy (non-hydrogen) atoms. The van der Waals surface area contributed by atoms with Crippen LogP contribution in [0.4, 0.5) is 11.4 Å². The minimum atomic E-state index is -0.855. The van der Waals surface area contributed by atoms with Gasteiger partial charge in [-0.05, 0) is 25.1 Å². The molecule has 1 aromatic heterocycles. The van der Waals surface area contributed by atoms with Crippen molar-refractivity contribution in [3.63, 3.8) is 0 Å². The molecule has 0 saturated heterocycles. The molecule has 1 atom stereocenters. The number of nitrogens with two attached hydrogens (primary N) is 1. The van der Waals surface area contributed by atoms with Crippen molar-refractivity contribution < 1.29 is 18.9 Å². The van der Waals surface area contributed by atoms with E-state index in [-0.39, 0.29) is 22.8 Å². The monoisotopic (exact) mass is 354 g/mol. The number of esters is 1. The lowest BCUT2D eigenvalue weighted by Crippen LogP contribution is -2.12. The topological polar surface area (TPSA) is 134 Å². The van der Waals surface area contributed by atoms with Gasteiger partial charge in [-0.25, -0.2) is 4.79 Å². The summed E-state index contributed by atoms with van der Waals surface area (Å²) < 4.78 is 10.8. The van der Waals surface area contributed by atoms with Crippen LogP contribution in [0.1, 0.15) is 29.3 Å². The zero-order valence-corrected chi connectivity index (χ0v) is 13.7. The third-order valence-electron chi connectivity index (χ3n) is 3.56. The third-order valence-corrected chi connectivity index (χ3v) is 3.56. The molecule has 0 radical (unpaired) electrons. The third kappa shape index (κ3) is 3.51. The second-order valence-corrected chi connectivity index (χ2v) is 5.39. The van der Waals surface area contributed by atoms with Crippen LogP contribution in [-0.2, 0) is 4.74 Å². The van der Waals surface area contributed by atoms with Crippen LogP contribution >= 0.6 is 0 Å². The summed E-state index contributed by atoms with van der Waals surface area (Å²) in [5, 5.41) is 18.6. The van der Waals surface area contributed by atoms with Gasteiger partial charge in [0.25, 0.3) is 11.6 Å². The number of nitro benzene ring substituents is 1. The zero-order chi connectivity index (χ0) is 18.7. The highest BCUT2D eigenvalue weighted by Gasteiger charge is 2.22. The van der Waals surface area contributed by atoms with Crippen LogP contribution in [0.15, 0.2) is 52.9 Å². The second kappa shape index (κ2) is 7.01. The van der Waals surface area contributed by atoms with Gasteiger partial charge in [-0.15, -0.1) is 10.2 Å². The first-order valence-electron chi connectivity index (χ1n) is 7.59. The first-order chi connectivity index (χ1) is 12.5. The Balaban J connectivity index is 1.77.